The third kappa shape index (κ3) is 5.62. The quantitative estimate of drug-likeness (QED) is 0.868. The van der Waals surface area contributed by atoms with Crippen LogP contribution >= 0.6 is 0 Å². The van der Waals surface area contributed by atoms with Crippen molar-refractivity contribution in [2.24, 2.45) is 5.92 Å². The van der Waals surface area contributed by atoms with E-state index in [2.05, 4.69) is 34.0 Å². The van der Waals surface area contributed by atoms with Gasteiger partial charge in [-0.2, -0.15) is 13.2 Å². The summed E-state index contributed by atoms with van der Waals surface area (Å²) in [6, 6.07) is 1.09. The molecule has 1 atom stereocenters. The highest BCUT2D eigenvalue weighted by atomic mass is 19.4. The highest BCUT2D eigenvalue weighted by Crippen LogP contribution is 2.27. The second-order valence-corrected chi connectivity index (χ2v) is 6.08. The van der Waals surface area contributed by atoms with Gasteiger partial charge in [-0.3, -0.25) is 4.90 Å². The number of hydrogen-bond donors (Lipinski definition) is 1. The van der Waals surface area contributed by atoms with Crippen LogP contribution in [-0.4, -0.2) is 53.8 Å². The molecule has 1 unspecified atom stereocenters. The average molecular weight is 332 g/mol. The molecule has 23 heavy (non-hydrogen) atoms. The number of hydrogen-bond acceptors (Lipinski definition) is 5. The summed E-state index contributed by atoms with van der Waals surface area (Å²) < 4.78 is 43.4. The number of rotatable bonds is 6. The number of nitrogens with zero attached hydrogens (tertiary/aromatic N) is 3. The molecule has 0 bridgehead atoms. The predicted octanol–water partition coefficient (Wildman–Crippen LogP) is 2.65. The lowest BCUT2D eigenvalue weighted by Crippen LogP contribution is -2.47. The summed E-state index contributed by atoms with van der Waals surface area (Å²) in [5, 5.41) is 2.96. The van der Waals surface area contributed by atoms with Crippen molar-refractivity contribution in [3.8, 4) is 0 Å². The maximum atomic E-state index is 12.7. The van der Waals surface area contributed by atoms with Crippen LogP contribution in [0.15, 0.2) is 12.3 Å². The minimum absolute atomic E-state index is 0.0156. The van der Waals surface area contributed by atoms with Crippen LogP contribution in [0.4, 0.5) is 19.1 Å². The van der Waals surface area contributed by atoms with Gasteiger partial charge >= 0.3 is 6.18 Å². The fraction of sp³-hybridized carbons (Fsp3) is 0.733. The van der Waals surface area contributed by atoms with E-state index >= 15 is 0 Å². The summed E-state index contributed by atoms with van der Waals surface area (Å²) in [7, 11) is 0. The molecule has 1 aromatic heterocycles. The van der Waals surface area contributed by atoms with Crippen molar-refractivity contribution in [2.45, 2.75) is 32.5 Å². The van der Waals surface area contributed by atoms with Crippen molar-refractivity contribution in [1.82, 2.24) is 14.9 Å². The van der Waals surface area contributed by atoms with Crippen molar-refractivity contribution >= 4 is 5.95 Å². The van der Waals surface area contributed by atoms with Gasteiger partial charge in [0.15, 0.2) is 0 Å². The Bertz CT molecular complexity index is 490. The monoisotopic (exact) mass is 332 g/mol. The number of aromatic nitrogens is 2. The van der Waals surface area contributed by atoms with E-state index in [4.69, 9.17) is 4.74 Å². The van der Waals surface area contributed by atoms with Crippen LogP contribution in [0.25, 0.3) is 0 Å². The molecule has 1 saturated heterocycles. The number of halogens is 3. The molecule has 0 aromatic carbocycles. The summed E-state index contributed by atoms with van der Waals surface area (Å²) in [6.45, 7) is 7.83. The van der Waals surface area contributed by atoms with E-state index in [-0.39, 0.29) is 12.0 Å². The summed E-state index contributed by atoms with van der Waals surface area (Å²) in [5.41, 5.74) is -0.929. The number of alkyl halides is 3. The first-order valence-electron chi connectivity index (χ1n) is 7.82. The van der Waals surface area contributed by atoms with E-state index in [0.29, 0.717) is 25.7 Å². The maximum Gasteiger partial charge on any atom is 0.433 e. The molecular weight excluding hydrogens is 309 g/mol. The highest BCUT2D eigenvalue weighted by molar-refractivity contribution is 5.26. The highest BCUT2D eigenvalue weighted by Gasteiger charge is 2.33. The molecule has 1 N–H and O–H groups in total. The van der Waals surface area contributed by atoms with Gasteiger partial charge in [0.2, 0.25) is 5.95 Å². The molecule has 130 valence electrons. The zero-order valence-electron chi connectivity index (χ0n) is 13.4. The standard InChI is InChI=1S/C15H23F3N4O/c1-11(2)9-12(22-5-7-23-8-6-22)10-20-14-19-4-3-13(21-14)15(16,17)18/h3-4,11-12H,5-10H2,1-2H3,(H,19,20,21). The van der Waals surface area contributed by atoms with Crippen LogP contribution in [0.1, 0.15) is 26.0 Å². The van der Waals surface area contributed by atoms with Crippen molar-refractivity contribution in [1.29, 1.82) is 0 Å². The Morgan fingerprint density at radius 2 is 2.00 bits per heavy atom. The normalized spacial score (nSPS) is 18.2. The Hall–Kier alpha value is -1.41. The van der Waals surface area contributed by atoms with Crippen LogP contribution in [-0.2, 0) is 10.9 Å². The topological polar surface area (TPSA) is 50.3 Å². The van der Waals surface area contributed by atoms with Gasteiger partial charge in [0.05, 0.1) is 13.2 Å². The number of morpholine rings is 1. The molecule has 8 heteroatoms. The fourth-order valence-corrected chi connectivity index (χ4v) is 2.66. The van der Waals surface area contributed by atoms with Crippen LogP contribution in [0, 0.1) is 5.92 Å². The smallest absolute Gasteiger partial charge is 0.379 e. The Morgan fingerprint density at radius 1 is 1.30 bits per heavy atom. The van der Waals surface area contributed by atoms with Crippen LogP contribution in [0.3, 0.4) is 0 Å². The van der Waals surface area contributed by atoms with Crippen LogP contribution in [0.5, 0.6) is 0 Å². The van der Waals surface area contributed by atoms with Gasteiger partial charge in [0.25, 0.3) is 0 Å². The molecule has 0 amide bonds. The number of anilines is 1. The van der Waals surface area contributed by atoms with Gasteiger partial charge in [0, 0.05) is 31.9 Å². The van der Waals surface area contributed by atoms with Gasteiger partial charge in [-0.15, -0.1) is 0 Å². The third-order valence-corrected chi connectivity index (χ3v) is 3.75. The van der Waals surface area contributed by atoms with Gasteiger partial charge in [-0.05, 0) is 18.4 Å². The largest absolute Gasteiger partial charge is 0.433 e. The molecule has 2 rings (SSSR count). The molecule has 0 aliphatic carbocycles. The van der Waals surface area contributed by atoms with E-state index in [9.17, 15) is 13.2 Å². The van der Waals surface area contributed by atoms with E-state index in [1.807, 2.05) is 0 Å². The number of ether oxygens (including phenoxy) is 1. The molecule has 0 saturated carbocycles. The lowest BCUT2D eigenvalue weighted by atomic mass is 10.0. The molecule has 1 fully saturated rings. The summed E-state index contributed by atoms with van der Waals surface area (Å²) in [5.74, 6) is 0.508. The zero-order chi connectivity index (χ0) is 16.9. The minimum atomic E-state index is -4.46. The average Bonchev–Trinajstić information content (AvgIpc) is 2.51. The molecule has 5 nitrogen and oxygen atoms in total. The Labute approximate surface area is 134 Å². The molecule has 1 aliphatic heterocycles. The summed E-state index contributed by atoms with van der Waals surface area (Å²) >= 11 is 0. The predicted molar refractivity (Wildman–Crippen MR) is 81.2 cm³/mol. The van der Waals surface area contributed by atoms with Crippen LogP contribution < -0.4 is 5.32 Å². The lowest BCUT2D eigenvalue weighted by Gasteiger charge is -2.35. The van der Waals surface area contributed by atoms with Crippen molar-refractivity contribution in [3.05, 3.63) is 18.0 Å². The first-order valence-corrected chi connectivity index (χ1v) is 7.82. The number of nitrogens with one attached hydrogen (secondary N) is 1. The fourth-order valence-electron chi connectivity index (χ4n) is 2.66. The van der Waals surface area contributed by atoms with E-state index in [1.165, 1.54) is 0 Å². The molecule has 0 spiro atoms. The lowest BCUT2D eigenvalue weighted by molar-refractivity contribution is -0.141. The second kappa shape index (κ2) is 7.92. The second-order valence-electron chi connectivity index (χ2n) is 6.08. The van der Waals surface area contributed by atoms with Crippen molar-refractivity contribution in [2.75, 3.05) is 38.2 Å². The van der Waals surface area contributed by atoms with Gasteiger partial charge in [0.1, 0.15) is 5.69 Å². The molecule has 1 aromatic rings. The minimum Gasteiger partial charge on any atom is -0.379 e. The third-order valence-electron chi connectivity index (χ3n) is 3.75. The Balaban J connectivity index is 2.00. The van der Waals surface area contributed by atoms with E-state index < -0.39 is 11.9 Å². The Morgan fingerprint density at radius 3 is 2.61 bits per heavy atom. The SMILES string of the molecule is CC(C)CC(CNc1nccc(C(F)(F)F)n1)N1CCOCC1. The van der Waals surface area contributed by atoms with E-state index in [0.717, 1.165) is 31.8 Å². The molecule has 2 heterocycles. The summed E-state index contributed by atoms with van der Waals surface area (Å²) in [4.78, 5) is 9.74. The van der Waals surface area contributed by atoms with Crippen molar-refractivity contribution < 1.29 is 17.9 Å². The molecular formula is C15H23F3N4O. The van der Waals surface area contributed by atoms with Gasteiger partial charge in [-0.1, -0.05) is 13.8 Å². The van der Waals surface area contributed by atoms with E-state index in [1.54, 1.807) is 0 Å². The van der Waals surface area contributed by atoms with Crippen LogP contribution in [0.2, 0.25) is 0 Å². The molecule has 0 radical (unpaired) electrons. The zero-order valence-corrected chi connectivity index (χ0v) is 13.4. The first-order chi connectivity index (χ1) is 10.9. The molecule has 1 aliphatic rings. The van der Waals surface area contributed by atoms with Crippen molar-refractivity contribution in [3.63, 3.8) is 0 Å². The maximum absolute atomic E-state index is 12.7. The Kier molecular flexibility index (Phi) is 6.17. The summed E-state index contributed by atoms with van der Waals surface area (Å²) in [6.07, 6.45) is -2.38. The van der Waals surface area contributed by atoms with Gasteiger partial charge in [-0.25, -0.2) is 9.97 Å². The first kappa shape index (κ1) is 17.9. The van der Waals surface area contributed by atoms with Gasteiger partial charge < -0.3 is 10.1 Å².